The molecular weight excluding hydrogens is 416 g/mol. The van der Waals surface area contributed by atoms with E-state index in [0.29, 0.717) is 15.6 Å². The van der Waals surface area contributed by atoms with Gasteiger partial charge in [0.25, 0.3) is 0 Å². The Morgan fingerprint density at radius 3 is 2.46 bits per heavy atom. The number of nitrogens with one attached hydrogen (secondary N) is 2. The second-order valence-corrected chi connectivity index (χ2v) is 6.74. The van der Waals surface area contributed by atoms with Crippen LogP contribution in [0.5, 0.6) is 0 Å². The number of carboxylic acid groups (broad SMARTS) is 1. The Bertz CT molecular complexity index is 957. The van der Waals surface area contributed by atoms with Crippen molar-refractivity contribution < 1.29 is 23.1 Å². The molecule has 2 aromatic rings. The number of rotatable bonds is 6. The molecule has 0 unspecified atom stereocenters. The lowest BCUT2D eigenvalue weighted by Crippen LogP contribution is -2.11. The fourth-order valence-corrected chi connectivity index (χ4v) is 2.79. The van der Waals surface area contributed by atoms with Crippen molar-refractivity contribution in [3.8, 4) is 0 Å². The molecule has 0 aromatic heterocycles. The van der Waals surface area contributed by atoms with Gasteiger partial charge in [0, 0.05) is 33.4 Å². The van der Waals surface area contributed by atoms with Gasteiger partial charge in [0.1, 0.15) is 0 Å². The third-order valence-electron chi connectivity index (χ3n) is 3.82. The monoisotopic (exact) mass is 430 g/mol. The number of benzene rings is 2. The van der Waals surface area contributed by atoms with Gasteiger partial charge in [0.15, 0.2) is 0 Å². The minimum absolute atomic E-state index is 0.0280. The Kier molecular flexibility index (Phi) is 6.74. The molecule has 0 aliphatic rings. The molecule has 0 saturated carbocycles. The average Bonchev–Trinajstić information content (AvgIpc) is 2.59. The van der Waals surface area contributed by atoms with Crippen LogP contribution in [-0.4, -0.2) is 16.8 Å². The summed E-state index contributed by atoms with van der Waals surface area (Å²) in [6.07, 6.45) is -3.49. The van der Waals surface area contributed by atoms with Gasteiger partial charge in [-0.1, -0.05) is 35.3 Å². The van der Waals surface area contributed by atoms with Crippen LogP contribution < -0.4 is 5.32 Å². The summed E-state index contributed by atoms with van der Waals surface area (Å²) in [5.74, 6) is -1.22. The highest BCUT2D eigenvalue weighted by atomic mass is 35.5. The number of hydrogen-bond donors (Lipinski definition) is 3. The molecule has 0 fully saturated rings. The lowest BCUT2D eigenvalue weighted by atomic mass is 10.0. The van der Waals surface area contributed by atoms with Crippen molar-refractivity contribution in [2.75, 3.05) is 5.32 Å². The minimum Gasteiger partial charge on any atom is -0.478 e. The maximum absolute atomic E-state index is 13.1. The zero-order valence-corrected chi connectivity index (χ0v) is 16.0. The van der Waals surface area contributed by atoms with E-state index in [1.165, 1.54) is 13.0 Å². The molecule has 9 heteroatoms. The van der Waals surface area contributed by atoms with Crippen LogP contribution >= 0.6 is 23.2 Å². The van der Waals surface area contributed by atoms with Crippen LogP contribution in [0, 0.1) is 5.41 Å². The number of halogens is 5. The molecule has 0 amide bonds. The van der Waals surface area contributed by atoms with Gasteiger partial charge in [0.2, 0.25) is 0 Å². The summed E-state index contributed by atoms with van der Waals surface area (Å²) in [5, 5.41) is 20.6. The number of alkyl halides is 3. The van der Waals surface area contributed by atoms with Gasteiger partial charge in [-0.2, -0.15) is 13.2 Å². The summed E-state index contributed by atoms with van der Waals surface area (Å²) in [7, 11) is 0. The molecule has 0 heterocycles. The second kappa shape index (κ2) is 8.67. The summed E-state index contributed by atoms with van der Waals surface area (Å²) in [4.78, 5) is 11.0. The zero-order valence-electron chi connectivity index (χ0n) is 14.5. The molecule has 28 heavy (non-hydrogen) atoms. The first-order chi connectivity index (χ1) is 13.0. The molecule has 2 rings (SSSR count). The standard InChI is InChI=1S/C19H15Cl2F3N2O2/c1-10(18(27)28)6-16(25)14-5-3-12(19(22,23)24)7-17(14)26-9-11-2-4-13(20)8-15(11)21/h2-8,25-26H,9H2,1H3,(H,27,28)/b10-6+,25-16?. The highest BCUT2D eigenvalue weighted by Gasteiger charge is 2.31. The smallest absolute Gasteiger partial charge is 0.416 e. The second-order valence-electron chi connectivity index (χ2n) is 5.89. The fraction of sp³-hybridized carbons (Fsp3) is 0.158. The van der Waals surface area contributed by atoms with Gasteiger partial charge in [-0.15, -0.1) is 0 Å². The van der Waals surface area contributed by atoms with Crippen molar-refractivity contribution in [2.24, 2.45) is 0 Å². The first-order valence-electron chi connectivity index (χ1n) is 7.88. The molecule has 0 saturated heterocycles. The highest BCUT2D eigenvalue weighted by Crippen LogP contribution is 2.33. The topological polar surface area (TPSA) is 73.2 Å². The van der Waals surface area contributed by atoms with Crippen LogP contribution in [0.3, 0.4) is 0 Å². The van der Waals surface area contributed by atoms with E-state index in [-0.39, 0.29) is 29.1 Å². The Hall–Kier alpha value is -2.51. The van der Waals surface area contributed by atoms with Gasteiger partial charge < -0.3 is 15.8 Å². The quantitative estimate of drug-likeness (QED) is 0.387. The van der Waals surface area contributed by atoms with Crippen LogP contribution in [0.1, 0.15) is 23.6 Å². The molecular formula is C19H15Cl2F3N2O2. The van der Waals surface area contributed by atoms with Crippen LogP contribution in [0.25, 0.3) is 0 Å². The van der Waals surface area contributed by atoms with E-state index in [1.807, 2.05) is 0 Å². The van der Waals surface area contributed by atoms with E-state index in [1.54, 1.807) is 12.1 Å². The third kappa shape index (κ3) is 5.50. The van der Waals surface area contributed by atoms with Crippen LogP contribution in [-0.2, 0) is 17.5 Å². The van der Waals surface area contributed by atoms with E-state index < -0.39 is 17.7 Å². The predicted octanol–water partition coefficient (Wildman–Crippen LogP) is 6.02. The largest absolute Gasteiger partial charge is 0.478 e. The van der Waals surface area contributed by atoms with E-state index >= 15 is 0 Å². The fourth-order valence-electron chi connectivity index (χ4n) is 2.31. The van der Waals surface area contributed by atoms with Crippen molar-refractivity contribution in [2.45, 2.75) is 19.6 Å². The first kappa shape index (κ1) is 21.8. The molecule has 0 aliphatic heterocycles. The summed E-state index contributed by atoms with van der Waals surface area (Å²) in [6, 6.07) is 7.58. The predicted molar refractivity (Wildman–Crippen MR) is 103 cm³/mol. The van der Waals surface area contributed by atoms with Gasteiger partial charge in [0.05, 0.1) is 11.3 Å². The summed E-state index contributed by atoms with van der Waals surface area (Å²) in [6.45, 7) is 1.38. The van der Waals surface area contributed by atoms with E-state index in [2.05, 4.69) is 5.32 Å². The van der Waals surface area contributed by atoms with Crippen molar-refractivity contribution in [1.82, 2.24) is 0 Å². The van der Waals surface area contributed by atoms with Gasteiger partial charge in [-0.05, 0) is 42.8 Å². The van der Waals surface area contributed by atoms with Gasteiger partial charge in [-0.3, -0.25) is 0 Å². The molecule has 2 aromatic carbocycles. The summed E-state index contributed by atoms with van der Waals surface area (Å²) < 4.78 is 39.2. The molecule has 0 atom stereocenters. The number of hydrogen-bond acceptors (Lipinski definition) is 3. The summed E-state index contributed by atoms with van der Waals surface area (Å²) in [5.41, 5.74) is -0.500. The molecule has 0 bridgehead atoms. The molecule has 0 radical (unpaired) electrons. The first-order valence-corrected chi connectivity index (χ1v) is 8.64. The molecule has 4 nitrogen and oxygen atoms in total. The van der Waals surface area contributed by atoms with Gasteiger partial charge in [-0.25, -0.2) is 4.79 Å². The molecule has 0 spiro atoms. The molecule has 3 N–H and O–H groups in total. The van der Waals surface area contributed by atoms with Gasteiger partial charge >= 0.3 is 12.1 Å². The zero-order chi connectivity index (χ0) is 21.1. The van der Waals surface area contributed by atoms with Crippen molar-refractivity contribution in [3.05, 3.63) is 74.8 Å². The van der Waals surface area contributed by atoms with Crippen molar-refractivity contribution in [3.63, 3.8) is 0 Å². The Labute approximate surface area is 169 Å². The molecule has 0 aliphatic carbocycles. The normalized spacial score (nSPS) is 12.0. The van der Waals surface area contributed by atoms with Crippen molar-refractivity contribution >= 4 is 40.6 Å². The van der Waals surface area contributed by atoms with E-state index in [0.717, 1.165) is 24.3 Å². The van der Waals surface area contributed by atoms with Crippen LogP contribution in [0.4, 0.5) is 18.9 Å². The Morgan fingerprint density at radius 1 is 1.21 bits per heavy atom. The van der Waals surface area contributed by atoms with Crippen LogP contribution in [0.15, 0.2) is 48.0 Å². The Balaban J connectivity index is 2.41. The number of carboxylic acids is 1. The number of allylic oxidation sites excluding steroid dienone is 1. The SMILES string of the molecule is C/C(=C\C(=N)c1ccc(C(F)(F)F)cc1NCc1ccc(Cl)cc1Cl)C(=O)O. The maximum Gasteiger partial charge on any atom is 0.416 e. The number of anilines is 1. The maximum atomic E-state index is 13.1. The highest BCUT2D eigenvalue weighted by molar-refractivity contribution is 6.35. The van der Waals surface area contributed by atoms with E-state index in [9.17, 15) is 18.0 Å². The van der Waals surface area contributed by atoms with E-state index in [4.69, 9.17) is 33.7 Å². The lowest BCUT2D eigenvalue weighted by Gasteiger charge is -2.16. The number of aliphatic carboxylic acids is 1. The average molecular weight is 431 g/mol. The van der Waals surface area contributed by atoms with Crippen molar-refractivity contribution in [1.29, 1.82) is 5.41 Å². The summed E-state index contributed by atoms with van der Waals surface area (Å²) >= 11 is 11.9. The number of carbonyl (C=O) groups is 1. The molecule has 148 valence electrons. The third-order valence-corrected chi connectivity index (χ3v) is 4.41. The Morgan fingerprint density at radius 2 is 1.89 bits per heavy atom. The minimum atomic E-state index is -4.57. The lowest BCUT2D eigenvalue weighted by molar-refractivity contribution is -0.137. The van der Waals surface area contributed by atoms with Crippen LogP contribution in [0.2, 0.25) is 10.0 Å².